The van der Waals surface area contributed by atoms with Gasteiger partial charge in [0.1, 0.15) is 73.2 Å². The number of nitrogens with one attached hydrogen (secondary N) is 1. The highest BCUT2D eigenvalue weighted by molar-refractivity contribution is 5.76. The number of carbonyl (C=O) groups is 1. The molecular formula is C70H119NO18. The van der Waals surface area contributed by atoms with Gasteiger partial charge in [0, 0.05) is 6.42 Å². The molecule has 3 aliphatic heterocycles. The summed E-state index contributed by atoms with van der Waals surface area (Å²) in [5, 5.41) is 120. The molecule has 0 aromatic rings. The highest BCUT2D eigenvalue weighted by Crippen LogP contribution is 2.33. The van der Waals surface area contributed by atoms with Crippen molar-refractivity contribution in [3.8, 4) is 0 Å². The third-order valence-corrected chi connectivity index (χ3v) is 16.3. The van der Waals surface area contributed by atoms with E-state index in [1.54, 1.807) is 6.08 Å². The number of ether oxygens (including phenoxy) is 6. The van der Waals surface area contributed by atoms with Crippen LogP contribution in [0.1, 0.15) is 206 Å². The average molecular weight is 1260 g/mol. The SMILES string of the molecule is CC/C=C\C/C=C\C/C=C\C/C=C\C/C=C\C/C=C\CCCCCCCCCCCCCCCCCCCCC(=O)NC(COC1OC(CO)C(OC2OC(CO)C(OC3OC(CO)C(O)C(O)C3O)C(O)C2O)C(O)C1O)C(O)/C=C/CC/C=C/CCC. The topological polar surface area (TPSA) is 307 Å². The first kappa shape index (κ1) is 79.9. The number of rotatable bonds is 50. The first-order chi connectivity index (χ1) is 43.3. The second-order valence-corrected chi connectivity index (χ2v) is 23.9. The summed E-state index contributed by atoms with van der Waals surface area (Å²) in [5.74, 6) is -0.293. The fourth-order valence-electron chi connectivity index (χ4n) is 10.9. The number of hydrogen-bond acceptors (Lipinski definition) is 18. The Bertz CT molecular complexity index is 1990. The van der Waals surface area contributed by atoms with E-state index in [1.807, 2.05) is 6.08 Å². The van der Waals surface area contributed by atoms with Gasteiger partial charge in [-0.05, 0) is 77.0 Å². The molecule has 12 N–H and O–H groups in total. The molecular weight excluding hydrogens is 1140 g/mol. The molecule has 17 unspecified atom stereocenters. The van der Waals surface area contributed by atoms with Crippen molar-refractivity contribution in [3.05, 3.63) is 97.2 Å². The first-order valence-corrected chi connectivity index (χ1v) is 34.0. The summed E-state index contributed by atoms with van der Waals surface area (Å²) >= 11 is 0. The van der Waals surface area contributed by atoms with Crippen LogP contribution < -0.4 is 5.32 Å². The van der Waals surface area contributed by atoms with Crippen LogP contribution in [0.5, 0.6) is 0 Å². The molecule has 0 aromatic heterocycles. The molecule has 19 nitrogen and oxygen atoms in total. The monoisotopic (exact) mass is 1260 g/mol. The Morgan fingerprint density at radius 3 is 1.25 bits per heavy atom. The molecule has 3 heterocycles. The molecule has 89 heavy (non-hydrogen) atoms. The Kier molecular flexibility index (Phi) is 46.0. The Morgan fingerprint density at radius 2 is 0.787 bits per heavy atom. The number of hydrogen-bond donors (Lipinski definition) is 12. The summed E-state index contributed by atoms with van der Waals surface area (Å²) < 4.78 is 34.1. The Hall–Kier alpha value is -3.29. The van der Waals surface area contributed by atoms with Crippen LogP contribution in [0.4, 0.5) is 0 Å². The summed E-state index contributed by atoms with van der Waals surface area (Å²) in [7, 11) is 0. The minimum atomic E-state index is -1.98. The number of unbranched alkanes of at least 4 members (excludes halogenated alkanes) is 20. The van der Waals surface area contributed by atoms with E-state index in [2.05, 4.69) is 104 Å². The molecule has 512 valence electrons. The maximum absolute atomic E-state index is 13.3. The van der Waals surface area contributed by atoms with Gasteiger partial charge in [0.05, 0.1) is 38.6 Å². The molecule has 3 fully saturated rings. The molecule has 3 saturated heterocycles. The first-order valence-electron chi connectivity index (χ1n) is 34.0. The van der Waals surface area contributed by atoms with E-state index in [0.29, 0.717) is 12.8 Å². The van der Waals surface area contributed by atoms with Gasteiger partial charge in [0.2, 0.25) is 5.91 Å². The van der Waals surface area contributed by atoms with Gasteiger partial charge in [-0.3, -0.25) is 4.79 Å². The van der Waals surface area contributed by atoms with Crippen LogP contribution in [0.15, 0.2) is 97.2 Å². The quantitative estimate of drug-likeness (QED) is 0.0201. The van der Waals surface area contributed by atoms with Crippen molar-refractivity contribution in [2.75, 3.05) is 26.4 Å². The van der Waals surface area contributed by atoms with Crippen LogP contribution in [-0.2, 0) is 33.2 Å². The maximum Gasteiger partial charge on any atom is 0.220 e. The third-order valence-electron chi connectivity index (χ3n) is 16.3. The zero-order valence-corrected chi connectivity index (χ0v) is 53.9. The number of aliphatic hydroxyl groups excluding tert-OH is 11. The second kappa shape index (κ2) is 51.2. The predicted octanol–water partition coefficient (Wildman–Crippen LogP) is 8.49. The van der Waals surface area contributed by atoms with Crippen molar-refractivity contribution >= 4 is 5.91 Å². The highest BCUT2D eigenvalue weighted by Gasteiger charge is 2.53. The van der Waals surface area contributed by atoms with Gasteiger partial charge in [-0.2, -0.15) is 0 Å². The van der Waals surface area contributed by atoms with Gasteiger partial charge in [-0.1, -0.05) is 220 Å². The average Bonchev–Trinajstić information content (AvgIpc) is 2.14. The van der Waals surface area contributed by atoms with Crippen LogP contribution in [0, 0.1) is 0 Å². The van der Waals surface area contributed by atoms with Crippen LogP contribution in [-0.4, -0.2) is 193 Å². The number of aliphatic hydroxyl groups is 11. The number of allylic oxidation sites excluding steroid dienone is 15. The molecule has 0 aromatic carbocycles. The van der Waals surface area contributed by atoms with Crippen molar-refractivity contribution in [2.24, 2.45) is 0 Å². The Morgan fingerprint density at radius 1 is 0.416 bits per heavy atom. The van der Waals surface area contributed by atoms with Gasteiger partial charge >= 0.3 is 0 Å². The summed E-state index contributed by atoms with van der Waals surface area (Å²) in [6, 6.07) is -0.990. The largest absolute Gasteiger partial charge is 0.394 e. The van der Waals surface area contributed by atoms with E-state index in [0.717, 1.165) is 77.0 Å². The molecule has 1 amide bonds. The fourth-order valence-corrected chi connectivity index (χ4v) is 10.9. The minimum Gasteiger partial charge on any atom is -0.394 e. The van der Waals surface area contributed by atoms with Crippen molar-refractivity contribution in [1.29, 1.82) is 0 Å². The van der Waals surface area contributed by atoms with Crippen molar-refractivity contribution in [1.82, 2.24) is 5.32 Å². The third kappa shape index (κ3) is 33.4. The lowest BCUT2D eigenvalue weighted by atomic mass is 9.96. The lowest BCUT2D eigenvalue weighted by Crippen LogP contribution is -2.66. The van der Waals surface area contributed by atoms with Crippen molar-refractivity contribution < 1.29 is 89.4 Å². The smallest absolute Gasteiger partial charge is 0.220 e. The van der Waals surface area contributed by atoms with E-state index in [1.165, 1.54) is 96.3 Å². The lowest BCUT2D eigenvalue weighted by Gasteiger charge is -2.48. The van der Waals surface area contributed by atoms with Crippen LogP contribution in [0.2, 0.25) is 0 Å². The lowest BCUT2D eigenvalue weighted by molar-refractivity contribution is -0.379. The predicted molar refractivity (Wildman–Crippen MR) is 346 cm³/mol. The maximum atomic E-state index is 13.3. The number of amides is 1. The Labute approximate surface area is 533 Å². The van der Waals surface area contributed by atoms with Crippen molar-refractivity contribution in [2.45, 2.75) is 311 Å². The normalized spacial score (nSPS) is 28.8. The van der Waals surface area contributed by atoms with Crippen LogP contribution in [0.3, 0.4) is 0 Å². The highest BCUT2D eigenvalue weighted by atomic mass is 16.8. The molecule has 0 spiro atoms. The van der Waals surface area contributed by atoms with Crippen molar-refractivity contribution in [3.63, 3.8) is 0 Å². The molecule has 3 aliphatic rings. The van der Waals surface area contributed by atoms with E-state index in [4.69, 9.17) is 28.4 Å². The molecule has 0 radical (unpaired) electrons. The zero-order valence-electron chi connectivity index (χ0n) is 53.9. The fraction of sp³-hybridized carbons (Fsp3) is 0.757. The van der Waals surface area contributed by atoms with E-state index in [9.17, 15) is 61.0 Å². The van der Waals surface area contributed by atoms with E-state index >= 15 is 0 Å². The Balaban J connectivity index is 1.28. The minimum absolute atomic E-state index is 0.231. The molecule has 3 rings (SSSR count). The van der Waals surface area contributed by atoms with Gasteiger partial charge in [-0.25, -0.2) is 0 Å². The number of carbonyl (C=O) groups excluding carboxylic acids is 1. The summed E-state index contributed by atoms with van der Waals surface area (Å²) in [5.41, 5.74) is 0. The molecule has 0 aliphatic carbocycles. The van der Waals surface area contributed by atoms with Crippen LogP contribution >= 0.6 is 0 Å². The van der Waals surface area contributed by atoms with Gasteiger partial charge in [0.25, 0.3) is 0 Å². The standard InChI is InChI=1S/C70H119NO18/c1-3-5-7-9-11-12-13-14-15-16-17-18-19-20-21-22-23-24-25-26-27-28-29-30-31-32-33-34-35-36-37-38-39-40-42-44-46-48-58(76)71-53(54(75)47-45-43-41-10-8-6-4-2)52-84-68-64(82)61(79)66(56(50-73)86-68)89-70-65(83)62(80)67(57(51-74)87-70)88-69-63(81)60(78)59(77)55(49-72)85-69/h5,7-8,10-12,14-15,17-18,20-21,23-24,45,47,53-57,59-70,72-75,77-83H,3-4,6,9,13,16,19,22,25-44,46,48-52H2,1-2H3,(H,71,76)/b7-5-,10-8+,12-11-,15-14-,18-17-,21-20-,24-23-,47-45+. The van der Waals surface area contributed by atoms with E-state index in [-0.39, 0.29) is 18.9 Å². The van der Waals surface area contributed by atoms with Gasteiger partial charge in [-0.15, -0.1) is 0 Å². The van der Waals surface area contributed by atoms with Gasteiger partial charge in [0.15, 0.2) is 18.9 Å². The van der Waals surface area contributed by atoms with E-state index < -0.39 is 124 Å². The molecule has 0 saturated carbocycles. The molecule has 0 bridgehead atoms. The zero-order chi connectivity index (χ0) is 64.7. The summed E-state index contributed by atoms with van der Waals surface area (Å²) in [6.45, 7) is 1.45. The summed E-state index contributed by atoms with van der Waals surface area (Å²) in [6.07, 6.45) is 40.4. The summed E-state index contributed by atoms with van der Waals surface area (Å²) in [4.78, 5) is 13.3. The van der Waals surface area contributed by atoms with Gasteiger partial charge < -0.3 is 89.9 Å². The van der Waals surface area contributed by atoms with Crippen LogP contribution in [0.25, 0.3) is 0 Å². The molecule has 19 heteroatoms. The second-order valence-electron chi connectivity index (χ2n) is 23.9. The molecule has 17 atom stereocenters.